The molecular formula is C25H37N3O4. The number of carboxylic acids is 1. The number of amides is 2. The second-order valence-corrected chi connectivity index (χ2v) is 8.38. The molecule has 7 nitrogen and oxygen atoms in total. The first-order valence-corrected chi connectivity index (χ1v) is 11.8. The zero-order valence-electron chi connectivity index (χ0n) is 19.1. The molecular weight excluding hydrogens is 406 g/mol. The van der Waals surface area contributed by atoms with Gasteiger partial charge in [0.15, 0.2) is 0 Å². The molecule has 0 saturated heterocycles. The van der Waals surface area contributed by atoms with E-state index in [9.17, 15) is 19.5 Å². The molecule has 2 aromatic rings. The van der Waals surface area contributed by atoms with E-state index < -0.39 is 17.9 Å². The molecule has 2 amide bonds. The van der Waals surface area contributed by atoms with Gasteiger partial charge in [0.25, 0.3) is 0 Å². The number of H-pyrrole nitrogens is 1. The van der Waals surface area contributed by atoms with Crippen LogP contribution in [0.1, 0.15) is 76.7 Å². The van der Waals surface area contributed by atoms with Gasteiger partial charge in [-0.1, -0.05) is 76.5 Å². The van der Waals surface area contributed by atoms with Gasteiger partial charge in [-0.25, -0.2) is 4.79 Å². The van der Waals surface area contributed by atoms with Gasteiger partial charge in [0.05, 0.1) is 6.54 Å². The summed E-state index contributed by atoms with van der Waals surface area (Å²) in [6.07, 6.45) is 12.9. The molecule has 176 valence electrons. The molecule has 2 rings (SSSR count). The third-order valence-corrected chi connectivity index (χ3v) is 5.69. The Hall–Kier alpha value is -2.83. The smallest absolute Gasteiger partial charge is 0.326 e. The van der Waals surface area contributed by atoms with Crippen LogP contribution in [0.15, 0.2) is 30.5 Å². The second kappa shape index (κ2) is 14.3. The number of benzene rings is 1. The van der Waals surface area contributed by atoms with Crippen molar-refractivity contribution in [3.63, 3.8) is 0 Å². The van der Waals surface area contributed by atoms with Crippen molar-refractivity contribution in [3.05, 3.63) is 36.0 Å². The number of carbonyl (C=O) groups is 3. The Morgan fingerprint density at radius 1 is 0.938 bits per heavy atom. The molecule has 7 heteroatoms. The van der Waals surface area contributed by atoms with Crippen molar-refractivity contribution in [2.24, 2.45) is 0 Å². The van der Waals surface area contributed by atoms with Crippen molar-refractivity contribution in [2.75, 3.05) is 6.54 Å². The molecule has 1 aromatic carbocycles. The first-order valence-electron chi connectivity index (χ1n) is 11.8. The van der Waals surface area contributed by atoms with Gasteiger partial charge in [-0.2, -0.15) is 0 Å². The van der Waals surface area contributed by atoms with Gasteiger partial charge in [-0.3, -0.25) is 9.59 Å². The molecule has 1 heterocycles. The lowest BCUT2D eigenvalue weighted by Gasteiger charge is -2.14. The molecule has 0 spiro atoms. The predicted molar refractivity (Wildman–Crippen MR) is 126 cm³/mol. The zero-order chi connectivity index (χ0) is 23.2. The summed E-state index contributed by atoms with van der Waals surface area (Å²) < 4.78 is 0. The topological polar surface area (TPSA) is 111 Å². The Morgan fingerprint density at radius 3 is 2.28 bits per heavy atom. The molecule has 0 aliphatic rings. The number of hydrogen-bond acceptors (Lipinski definition) is 3. The Labute approximate surface area is 190 Å². The summed E-state index contributed by atoms with van der Waals surface area (Å²) in [5.41, 5.74) is 1.74. The van der Waals surface area contributed by atoms with Gasteiger partial charge >= 0.3 is 5.97 Å². The molecule has 0 fully saturated rings. The minimum Gasteiger partial charge on any atom is -0.480 e. The average Bonchev–Trinajstić information content (AvgIpc) is 3.19. The lowest BCUT2D eigenvalue weighted by Crippen LogP contribution is -2.46. The number of carbonyl (C=O) groups excluding carboxylic acids is 2. The highest BCUT2D eigenvalue weighted by Crippen LogP contribution is 2.19. The highest BCUT2D eigenvalue weighted by molar-refractivity contribution is 5.89. The number of para-hydroxylation sites is 1. The lowest BCUT2D eigenvalue weighted by atomic mass is 10.0. The fourth-order valence-electron chi connectivity index (χ4n) is 3.83. The maximum atomic E-state index is 12.2. The van der Waals surface area contributed by atoms with E-state index in [0.717, 1.165) is 35.7 Å². The van der Waals surface area contributed by atoms with Crippen LogP contribution in [0.5, 0.6) is 0 Å². The molecule has 0 unspecified atom stereocenters. The number of aromatic nitrogens is 1. The number of nitrogens with one attached hydrogen (secondary N) is 3. The molecule has 32 heavy (non-hydrogen) atoms. The summed E-state index contributed by atoms with van der Waals surface area (Å²) in [7, 11) is 0. The zero-order valence-corrected chi connectivity index (χ0v) is 19.1. The van der Waals surface area contributed by atoms with Crippen LogP contribution in [0.4, 0.5) is 0 Å². The van der Waals surface area contributed by atoms with Crippen molar-refractivity contribution >= 4 is 28.7 Å². The highest BCUT2D eigenvalue weighted by Gasteiger charge is 2.22. The third kappa shape index (κ3) is 9.12. The molecule has 4 N–H and O–H groups in total. The van der Waals surface area contributed by atoms with Gasteiger partial charge in [0, 0.05) is 29.9 Å². The fraction of sp³-hybridized carbons (Fsp3) is 0.560. The lowest BCUT2D eigenvalue weighted by molar-refractivity contribution is -0.141. The Balaban J connectivity index is 1.64. The number of carboxylic acid groups (broad SMARTS) is 1. The quantitative estimate of drug-likeness (QED) is 0.290. The van der Waals surface area contributed by atoms with Gasteiger partial charge in [-0.05, 0) is 18.1 Å². The first-order chi connectivity index (χ1) is 15.5. The number of hydrogen-bond donors (Lipinski definition) is 4. The van der Waals surface area contributed by atoms with Crippen LogP contribution < -0.4 is 10.6 Å². The van der Waals surface area contributed by atoms with Crippen LogP contribution in [-0.4, -0.2) is 40.5 Å². The van der Waals surface area contributed by atoms with E-state index in [4.69, 9.17) is 0 Å². The predicted octanol–water partition coefficient (Wildman–Crippen LogP) is 4.32. The summed E-state index contributed by atoms with van der Waals surface area (Å²) in [5.74, 6) is -1.78. The van der Waals surface area contributed by atoms with Crippen molar-refractivity contribution in [1.82, 2.24) is 15.6 Å². The minimum atomic E-state index is -1.11. The number of rotatable bonds is 16. The number of aliphatic carboxylic acids is 1. The van der Waals surface area contributed by atoms with Gasteiger partial charge in [0.2, 0.25) is 11.8 Å². The van der Waals surface area contributed by atoms with E-state index in [1.54, 1.807) is 6.20 Å². The maximum Gasteiger partial charge on any atom is 0.326 e. The van der Waals surface area contributed by atoms with E-state index >= 15 is 0 Å². The Bertz CT molecular complexity index is 862. The monoisotopic (exact) mass is 443 g/mol. The van der Waals surface area contributed by atoms with Gasteiger partial charge in [-0.15, -0.1) is 0 Å². The second-order valence-electron chi connectivity index (χ2n) is 8.38. The van der Waals surface area contributed by atoms with Crippen LogP contribution in [0.2, 0.25) is 0 Å². The van der Waals surface area contributed by atoms with E-state index in [0.29, 0.717) is 6.42 Å². The fourth-order valence-corrected chi connectivity index (χ4v) is 3.83. The highest BCUT2D eigenvalue weighted by atomic mass is 16.4. The van der Waals surface area contributed by atoms with Crippen molar-refractivity contribution < 1.29 is 19.5 Å². The normalized spacial score (nSPS) is 11.9. The van der Waals surface area contributed by atoms with E-state index in [1.165, 1.54) is 38.5 Å². The summed E-state index contributed by atoms with van der Waals surface area (Å²) in [5, 5.41) is 15.5. The van der Waals surface area contributed by atoms with Crippen LogP contribution in [0.3, 0.4) is 0 Å². The number of unbranched alkanes of at least 4 members (excludes halogenated alkanes) is 8. The summed E-state index contributed by atoms with van der Waals surface area (Å²) in [4.78, 5) is 38.9. The maximum absolute atomic E-state index is 12.2. The minimum absolute atomic E-state index is 0.164. The molecule has 0 bridgehead atoms. The first kappa shape index (κ1) is 25.4. The van der Waals surface area contributed by atoms with Gasteiger partial charge < -0.3 is 20.7 Å². The Kier molecular flexibility index (Phi) is 11.3. The van der Waals surface area contributed by atoms with Gasteiger partial charge in [0.1, 0.15) is 6.04 Å². The third-order valence-electron chi connectivity index (χ3n) is 5.69. The largest absolute Gasteiger partial charge is 0.480 e. The summed E-state index contributed by atoms with van der Waals surface area (Å²) in [6.45, 7) is 2.00. The SMILES string of the molecule is CCCCCCCCCCCC(=O)NCC(=O)N[C@@H](Cc1c[nH]c2ccccc12)C(=O)O. The number of fused-ring (bicyclic) bond motifs is 1. The summed E-state index contributed by atoms with van der Waals surface area (Å²) >= 11 is 0. The molecule has 0 aliphatic carbocycles. The van der Waals surface area contributed by atoms with Crippen LogP contribution in [0, 0.1) is 0 Å². The average molecular weight is 444 g/mol. The molecule has 0 radical (unpaired) electrons. The van der Waals surface area contributed by atoms with Crippen molar-refractivity contribution in [3.8, 4) is 0 Å². The van der Waals surface area contributed by atoms with Crippen LogP contribution in [-0.2, 0) is 20.8 Å². The molecule has 0 saturated carbocycles. The molecule has 0 aliphatic heterocycles. The van der Waals surface area contributed by atoms with Crippen LogP contribution in [0.25, 0.3) is 10.9 Å². The Morgan fingerprint density at radius 2 is 1.59 bits per heavy atom. The number of aromatic amines is 1. The van der Waals surface area contributed by atoms with Crippen molar-refractivity contribution in [2.45, 2.75) is 83.6 Å². The molecule has 1 aromatic heterocycles. The van der Waals surface area contributed by atoms with E-state index in [1.807, 2.05) is 24.3 Å². The van der Waals surface area contributed by atoms with E-state index in [2.05, 4.69) is 22.5 Å². The molecule has 1 atom stereocenters. The standard InChI is InChI=1S/C25H37N3O4/c1-2-3-4-5-6-7-8-9-10-15-23(29)27-18-24(30)28-22(25(31)32)16-19-17-26-21-14-12-11-13-20(19)21/h11-14,17,22,26H,2-10,15-16,18H2,1H3,(H,27,29)(H,28,30)(H,31,32)/t22-/m0/s1. The van der Waals surface area contributed by atoms with Crippen LogP contribution >= 0.6 is 0 Å². The summed E-state index contributed by atoms with van der Waals surface area (Å²) in [6, 6.07) is 6.55. The van der Waals surface area contributed by atoms with Crippen molar-refractivity contribution in [1.29, 1.82) is 0 Å². The van der Waals surface area contributed by atoms with E-state index in [-0.39, 0.29) is 18.9 Å².